The van der Waals surface area contributed by atoms with Crippen LogP contribution in [0, 0.1) is 0 Å². The van der Waals surface area contributed by atoms with Gasteiger partial charge in [-0.3, -0.25) is 9.59 Å². The van der Waals surface area contributed by atoms with Gasteiger partial charge in [-0.05, 0) is 29.7 Å². The number of aromatic nitrogens is 1. The van der Waals surface area contributed by atoms with Crippen molar-refractivity contribution in [3.63, 3.8) is 0 Å². The van der Waals surface area contributed by atoms with Crippen LogP contribution in [0.1, 0.15) is 33.8 Å². The van der Waals surface area contributed by atoms with Crippen LogP contribution in [0.15, 0.2) is 83.8 Å². The third kappa shape index (κ3) is 4.46. The first-order valence-electron chi connectivity index (χ1n) is 9.91. The Hall–Kier alpha value is -3.18. The first kappa shape index (κ1) is 19.2. The first-order chi connectivity index (χ1) is 14.2. The van der Waals surface area contributed by atoms with Gasteiger partial charge < -0.3 is 14.6 Å². The third-order valence-electron chi connectivity index (χ3n) is 5.38. The fourth-order valence-electron chi connectivity index (χ4n) is 3.90. The molecule has 1 N–H and O–H groups in total. The molecule has 2 aromatic carbocycles. The molecule has 1 unspecified atom stereocenters. The molecule has 1 saturated heterocycles. The summed E-state index contributed by atoms with van der Waals surface area (Å²) >= 11 is 0. The molecule has 2 heterocycles. The van der Waals surface area contributed by atoms with Crippen LogP contribution >= 0.6 is 0 Å². The van der Waals surface area contributed by atoms with Crippen LogP contribution in [0.2, 0.25) is 0 Å². The highest BCUT2D eigenvalue weighted by Crippen LogP contribution is 2.31. The lowest BCUT2D eigenvalue weighted by Gasteiger charge is -2.35. The van der Waals surface area contributed by atoms with E-state index in [2.05, 4.69) is 29.2 Å². The predicted octanol–water partition coefficient (Wildman–Crippen LogP) is 3.44. The number of hydrogen-bond donors (Lipinski definition) is 1. The maximum absolute atomic E-state index is 12.8. The van der Waals surface area contributed by atoms with Crippen molar-refractivity contribution in [2.75, 3.05) is 19.7 Å². The molecule has 5 heteroatoms. The van der Waals surface area contributed by atoms with Crippen molar-refractivity contribution in [3.05, 3.63) is 106 Å². The lowest BCUT2D eigenvalue weighted by molar-refractivity contribution is -0.0264. The molecule has 29 heavy (non-hydrogen) atoms. The highest BCUT2D eigenvalue weighted by molar-refractivity contribution is 5.93. The van der Waals surface area contributed by atoms with Crippen molar-refractivity contribution in [2.45, 2.75) is 18.4 Å². The number of hydrogen-bond acceptors (Lipinski definition) is 3. The SMILES string of the molecule is O=C(c1ccc[nH]c1=O)N1CCOC(CC(c2ccccc2)c2ccccc2)C1. The Labute approximate surface area is 170 Å². The molecular weight excluding hydrogens is 364 g/mol. The zero-order valence-corrected chi connectivity index (χ0v) is 16.2. The number of nitrogens with zero attached hydrogens (tertiary/aromatic N) is 1. The number of ether oxygens (including phenoxy) is 1. The van der Waals surface area contributed by atoms with Crippen LogP contribution in [0.4, 0.5) is 0 Å². The van der Waals surface area contributed by atoms with Crippen molar-refractivity contribution < 1.29 is 9.53 Å². The zero-order chi connectivity index (χ0) is 20.1. The van der Waals surface area contributed by atoms with Gasteiger partial charge in [-0.2, -0.15) is 0 Å². The van der Waals surface area contributed by atoms with Gasteiger partial charge in [0.15, 0.2) is 0 Å². The summed E-state index contributed by atoms with van der Waals surface area (Å²) in [7, 11) is 0. The van der Waals surface area contributed by atoms with Gasteiger partial charge in [0.1, 0.15) is 5.56 Å². The molecule has 0 saturated carbocycles. The fourth-order valence-corrected chi connectivity index (χ4v) is 3.90. The van der Waals surface area contributed by atoms with Gasteiger partial charge in [0, 0.05) is 25.2 Å². The number of carbonyl (C=O) groups is 1. The van der Waals surface area contributed by atoms with Crippen molar-refractivity contribution in [1.29, 1.82) is 0 Å². The molecule has 4 rings (SSSR count). The van der Waals surface area contributed by atoms with Crippen LogP contribution in [0.5, 0.6) is 0 Å². The van der Waals surface area contributed by atoms with Crippen molar-refractivity contribution in [3.8, 4) is 0 Å². The Kier molecular flexibility index (Phi) is 5.86. The van der Waals surface area contributed by atoms with E-state index in [1.807, 2.05) is 36.4 Å². The number of morpholine rings is 1. The van der Waals surface area contributed by atoms with E-state index >= 15 is 0 Å². The molecule has 1 aliphatic heterocycles. The van der Waals surface area contributed by atoms with Gasteiger partial charge in [0.2, 0.25) is 0 Å². The number of benzene rings is 2. The maximum atomic E-state index is 12.8. The molecule has 1 aliphatic rings. The highest BCUT2D eigenvalue weighted by atomic mass is 16.5. The standard InChI is InChI=1S/C24H24N2O3/c27-23-21(12-7-13-25-23)24(28)26-14-15-29-20(17-26)16-22(18-8-3-1-4-9-18)19-10-5-2-6-11-19/h1-13,20,22H,14-17H2,(H,25,27). The molecule has 148 valence electrons. The summed E-state index contributed by atoms with van der Waals surface area (Å²) in [5, 5.41) is 0. The molecule has 3 aromatic rings. The van der Waals surface area contributed by atoms with Crippen LogP contribution in [-0.4, -0.2) is 41.6 Å². The number of carbonyl (C=O) groups excluding carboxylic acids is 1. The van der Waals surface area contributed by atoms with Crippen LogP contribution in [0.25, 0.3) is 0 Å². The van der Waals surface area contributed by atoms with Gasteiger partial charge in [-0.15, -0.1) is 0 Å². The Morgan fingerprint density at radius 3 is 2.28 bits per heavy atom. The van der Waals surface area contributed by atoms with E-state index < -0.39 is 0 Å². The minimum absolute atomic E-state index is 0.0964. The number of aromatic amines is 1. The topological polar surface area (TPSA) is 62.4 Å². The summed E-state index contributed by atoms with van der Waals surface area (Å²) in [6, 6.07) is 24.0. The monoisotopic (exact) mass is 388 g/mol. The predicted molar refractivity (Wildman–Crippen MR) is 112 cm³/mol. The molecule has 5 nitrogen and oxygen atoms in total. The Morgan fingerprint density at radius 1 is 1.00 bits per heavy atom. The number of pyridine rings is 1. The Bertz CT molecular complexity index is 962. The quantitative estimate of drug-likeness (QED) is 0.728. The lowest BCUT2D eigenvalue weighted by Crippen LogP contribution is -2.47. The van der Waals surface area contributed by atoms with Crippen molar-refractivity contribution in [2.24, 2.45) is 0 Å². The summed E-state index contributed by atoms with van der Waals surface area (Å²) in [6.45, 7) is 1.44. The summed E-state index contributed by atoms with van der Waals surface area (Å²) in [6.07, 6.45) is 2.20. The zero-order valence-electron chi connectivity index (χ0n) is 16.2. The minimum Gasteiger partial charge on any atom is -0.375 e. The summed E-state index contributed by atoms with van der Waals surface area (Å²) in [5.41, 5.74) is 2.28. The van der Waals surface area contributed by atoms with Gasteiger partial charge in [-0.1, -0.05) is 60.7 Å². The number of H-pyrrole nitrogens is 1. The molecule has 1 aromatic heterocycles. The van der Waals surface area contributed by atoms with Gasteiger partial charge in [-0.25, -0.2) is 0 Å². The van der Waals surface area contributed by atoms with E-state index in [0.29, 0.717) is 19.7 Å². The summed E-state index contributed by atoms with van der Waals surface area (Å²) < 4.78 is 6.02. The minimum atomic E-state index is -0.355. The molecule has 1 fully saturated rings. The largest absolute Gasteiger partial charge is 0.375 e. The van der Waals surface area contributed by atoms with Gasteiger partial charge in [0.05, 0.1) is 12.7 Å². The van der Waals surface area contributed by atoms with E-state index in [9.17, 15) is 9.59 Å². The van der Waals surface area contributed by atoms with Crippen LogP contribution in [0.3, 0.4) is 0 Å². The first-order valence-corrected chi connectivity index (χ1v) is 9.91. The number of amides is 1. The van der Waals surface area contributed by atoms with E-state index in [1.165, 1.54) is 17.3 Å². The average Bonchev–Trinajstić information content (AvgIpc) is 2.79. The third-order valence-corrected chi connectivity index (χ3v) is 5.38. The lowest BCUT2D eigenvalue weighted by atomic mass is 9.86. The average molecular weight is 388 g/mol. The fraction of sp³-hybridized carbons (Fsp3) is 0.250. The summed E-state index contributed by atoms with van der Waals surface area (Å²) in [4.78, 5) is 29.1. The van der Waals surface area contributed by atoms with E-state index in [1.54, 1.807) is 17.0 Å². The smallest absolute Gasteiger partial charge is 0.260 e. The second-order valence-electron chi connectivity index (χ2n) is 7.27. The second kappa shape index (κ2) is 8.88. The molecule has 1 amide bonds. The molecule has 0 spiro atoms. The maximum Gasteiger partial charge on any atom is 0.260 e. The number of nitrogens with one attached hydrogen (secondary N) is 1. The van der Waals surface area contributed by atoms with Crippen molar-refractivity contribution in [1.82, 2.24) is 9.88 Å². The summed E-state index contributed by atoms with van der Waals surface area (Å²) in [5.74, 6) is -0.0614. The van der Waals surface area contributed by atoms with Crippen LogP contribution < -0.4 is 5.56 Å². The van der Waals surface area contributed by atoms with E-state index in [4.69, 9.17) is 4.74 Å². The molecule has 1 atom stereocenters. The second-order valence-corrected chi connectivity index (χ2v) is 7.27. The van der Waals surface area contributed by atoms with E-state index in [-0.39, 0.29) is 29.1 Å². The number of rotatable bonds is 5. The van der Waals surface area contributed by atoms with Crippen molar-refractivity contribution >= 4 is 5.91 Å². The molecule has 0 aliphatic carbocycles. The Balaban J connectivity index is 1.53. The molecule has 0 bridgehead atoms. The molecule has 0 radical (unpaired) electrons. The normalized spacial score (nSPS) is 16.7. The molecular formula is C24H24N2O3. The Morgan fingerprint density at radius 2 is 1.66 bits per heavy atom. The highest BCUT2D eigenvalue weighted by Gasteiger charge is 2.29. The van der Waals surface area contributed by atoms with Gasteiger partial charge in [0.25, 0.3) is 11.5 Å². The van der Waals surface area contributed by atoms with Gasteiger partial charge >= 0.3 is 0 Å². The van der Waals surface area contributed by atoms with Crippen LogP contribution in [-0.2, 0) is 4.74 Å². The van der Waals surface area contributed by atoms with E-state index in [0.717, 1.165) is 6.42 Å².